The molecule has 120 valence electrons. The van der Waals surface area contributed by atoms with Gasteiger partial charge in [-0.2, -0.15) is 0 Å². The third kappa shape index (κ3) is 3.94. The highest BCUT2D eigenvalue weighted by molar-refractivity contribution is 6.40. The number of ketones is 1. The third-order valence-electron chi connectivity index (χ3n) is 2.54. The molecule has 0 N–H and O–H groups in total. The van der Waals surface area contributed by atoms with Crippen molar-refractivity contribution in [1.82, 2.24) is 0 Å². The predicted molar refractivity (Wildman–Crippen MR) is 76.4 cm³/mol. The van der Waals surface area contributed by atoms with Gasteiger partial charge in [-0.05, 0) is 26.8 Å². The van der Waals surface area contributed by atoms with E-state index in [1.54, 1.807) is 20.8 Å². The lowest BCUT2D eigenvalue weighted by atomic mass is 10.1. The molecule has 8 nitrogen and oxygen atoms in total. The molecule has 1 aromatic carbocycles. The maximum Gasteiger partial charge on any atom is 0.379 e. The summed E-state index contributed by atoms with van der Waals surface area (Å²) in [6.07, 6.45) is 0. The summed E-state index contributed by atoms with van der Waals surface area (Å²) in [7, 11) is 0. The van der Waals surface area contributed by atoms with Crippen molar-refractivity contribution in [2.45, 2.75) is 20.8 Å². The Morgan fingerprint density at radius 2 is 1.73 bits per heavy atom. The molecule has 0 saturated carbocycles. The average Bonchev–Trinajstić information content (AvgIpc) is 2.48. The second-order valence-corrected chi connectivity index (χ2v) is 4.00. The van der Waals surface area contributed by atoms with Crippen LogP contribution >= 0.6 is 0 Å². The molecule has 0 aliphatic rings. The van der Waals surface area contributed by atoms with Gasteiger partial charge in [-0.1, -0.05) is 0 Å². The van der Waals surface area contributed by atoms with Crippen molar-refractivity contribution >= 4 is 17.4 Å². The Morgan fingerprint density at radius 1 is 1.09 bits per heavy atom. The highest BCUT2D eigenvalue weighted by Crippen LogP contribution is 2.38. The average molecular weight is 311 g/mol. The van der Waals surface area contributed by atoms with E-state index in [2.05, 4.69) is 4.74 Å². The first-order valence-electron chi connectivity index (χ1n) is 6.75. The van der Waals surface area contributed by atoms with Crippen LogP contribution < -0.4 is 9.47 Å². The molecule has 1 rings (SSSR count). The van der Waals surface area contributed by atoms with Gasteiger partial charge in [0.15, 0.2) is 5.75 Å². The van der Waals surface area contributed by atoms with Gasteiger partial charge >= 0.3 is 11.7 Å². The van der Waals surface area contributed by atoms with E-state index >= 15 is 0 Å². The molecule has 0 fully saturated rings. The van der Waals surface area contributed by atoms with Gasteiger partial charge in [-0.25, -0.2) is 4.79 Å². The molecule has 0 bridgehead atoms. The van der Waals surface area contributed by atoms with E-state index in [-0.39, 0.29) is 36.9 Å². The largest absolute Gasteiger partial charge is 0.490 e. The van der Waals surface area contributed by atoms with Gasteiger partial charge in [-0.15, -0.1) is 0 Å². The van der Waals surface area contributed by atoms with E-state index in [0.717, 1.165) is 6.07 Å². The van der Waals surface area contributed by atoms with Crippen LogP contribution in [0.1, 0.15) is 31.1 Å². The second-order valence-electron chi connectivity index (χ2n) is 4.00. The number of rotatable bonds is 8. The smallest absolute Gasteiger partial charge is 0.379 e. The van der Waals surface area contributed by atoms with Crippen LogP contribution in [0.5, 0.6) is 11.5 Å². The third-order valence-corrected chi connectivity index (χ3v) is 2.54. The van der Waals surface area contributed by atoms with Crippen LogP contribution in [0, 0.1) is 10.1 Å². The fourth-order valence-corrected chi connectivity index (χ4v) is 1.72. The number of benzene rings is 1. The zero-order chi connectivity index (χ0) is 16.7. The minimum Gasteiger partial charge on any atom is -0.490 e. The van der Waals surface area contributed by atoms with Crippen LogP contribution in [0.2, 0.25) is 0 Å². The van der Waals surface area contributed by atoms with E-state index in [1.165, 1.54) is 6.07 Å². The van der Waals surface area contributed by atoms with Crippen molar-refractivity contribution in [2.24, 2.45) is 0 Å². The van der Waals surface area contributed by atoms with Gasteiger partial charge in [0.1, 0.15) is 0 Å². The molecule has 0 unspecified atom stereocenters. The van der Waals surface area contributed by atoms with Crippen LogP contribution in [-0.2, 0) is 9.53 Å². The highest BCUT2D eigenvalue weighted by Gasteiger charge is 2.27. The Bertz CT molecular complexity index is 583. The van der Waals surface area contributed by atoms with E-state index in [4.69, 9.17) is 9.47 Å². The van der Waals surface area contributed by atoms with Crippen LogP contribution in [0.3, 0.4) is 0 Å². The first-order chi connectivity index (χ1) is 10.5. The number of Topliss-reactive ketones (excluding diaryl/α,β-unsaturated/α-hetero) is 1. The minimum atomic E-state index is -1.08. The van der Waals surface area contributed by atoms with Crippen LogP contribution in [-0.4, -0.2) is 36.5 Å². The molecule has 0 heterocycles. The summed E-state index contributed by atoms with van der Waals surface area (Å²) in [5, 5.41) is 11.2. The minimum absolute atomic E-state index is 0.0298. The number of nitrogens with zero attached hydrogens (tertiary/aromatic N) is 1. The lowest BCUT2D eigenvalue weighted by molar-refractivity contribution is -0.386. The highest BCUT2D eigenvalue weighted by atomic mass is 16.6. The number of carbonyl (C=O) groups excluding carboxylic acids is 2. The standard InChI is InChI=1S/C14H17NO7/c1-4-20-11-8-9(12(16)14(17)22-6-3)7-10(15(18)19)13(11)21-5-2/h7-8H,4-6H2,1-3H3. The summed E-state index contributed by atoms with van der Waals surface area (Å²) in [6, 6.07) is 2.22. The zero-order valence-corrected chi connectivity index (χ0v) is 12.6. The monoisotopic (exact) mass is 311 g/mol. The Kier molecular flexibility index (Phi) is 6.30. The summed E-state index contributed by atoms with van der Waals surface area (Å²) in [4.78, 5) is 33.9. The molecule has 22 heavy (non-hydrogen) atoms. The number of carbonyl (C=O) groups is 2. The summed E-state index contributed by atoms with van der Waals surface area (Å²) in [5.41, 5.74) is -0.627. The van der Waals surface area contributed by atoms with Crippen molar-refractivity contribution in [3.05, 3.63) is 27.8 Å². The summed E-state index contributed by atoms with van der Waals surface area (Å²) < 4.78 is 15.1. The number of hydrogen-bond acceptors (Lipinski definition) is 7. The van der Waals surface area contributed by atoms with Gasteiger partial charge in [-0.3, -0.25) is 14.9 Å². The quantitative estimate of drug-likeness (QED) is 0.238. The van der Waals surface area contributed by atoms with Gasteiger partial charge in [0.05, 0.1) is 24.7 Å². The Morgan fingerprint density at radius 3 is 2.23 bits per heavy atom. The molecule has 0 spiro atoms. The van der Waals surface area contributed by atoms with E-state index < -0.39 is 22.4 Å². The normalized spacial score (nSPS) is 9.95. The number of nitro groups is 1. The molecule has 0 aliphatic heterocycles. The number of nitro benzene ring substituents is 1. The van der Waals surface area contributed by atoms with Crippen molar-refractivity contribution in [3.63, 3.8) is 0 Å². The lowest BCUT2D eigenvalue weighted by Crippen LogP contribution is -2.18. The second kappa shape index (κ2) is 7.96. The number of esters is 1. The van der Waals surface area contributed by atoms with Crippen LogP contribution in [0.25, 0.3) is 0 Å². The van der Waals surface area contributed by atoms with Crippen molar-refractivity contribution in [3.8, 4) is 11.5 Å². The molecule has 0 aliphatic carbocycles. The van der Waals surface area contributed by atoms with Gasteiger partial charge in [0.2, 0.25) is 5.75 Å². The molecular weight excluding hydrogens is 294 g/mol. The lowest BCUT2D eigenvalue weighted by Gasteiger charge is -2.12. The molecule has 0 amide bonds. The fourth-order valence-electron chi connectivity index (χ4n) is 1.72. The molecular formula is C14H17NO7. The van der Waals surface area contributed by atoms with Gasteiger partial charge in [0, 0.05) is 11.6 Å². The van der Waals surface area contributed by atoms with Gasteiger partial charge in [0.25, 0.3) is 5.78 Å². The molecule has 0 atom stereocenters. The predicted octanol–water partition coefficient (Wildman–Crippen LogP) is 2.14. The molecule has 0 saturated heterocycles. The van der Waals surface area contributed by atoms with Crippen LogP contribution in [0.15, 0.2) is 12.1 Å². The summed E-state index contributed by atoms with van der Waals surface area (Å²) >= 11 is 0. The maximum atomic E-state index is 11.9. The van der Waals surface area contributed by atoms with Crippen molar-refractivity contribution < 1.29 is 28.7 Å². The topological polar surface area (TPSA) is 105 Å². The molecule has 0 aromatic heterocycles. The summed E-state index contributed by atoms with van der Waals surface area (Å²) in [6.45, 7) is 5.33. The Balaban J connectivity index is 3.39. The SMILES string of the molecule is CCOC(=O)C(=O)c1cc(OCC)c(OCC)c([N+](=O)[O-])c1. The fraction of sp³-hybridized carbons (Fsp3) is 0.429. The first kappa shape index (κ1) is 17.4. The maximum absolute atomic E-state index is 11.9. The molecule has 8 heteroatoms. The first-order valence-corrected chi connectivity index (χ1v) is 6.75. The van der Waals surface area contributed by atoms with Crippen LogP contribution in [0.4, 0.5) is 5.69 Å². The molecule has 1 aromatic rings. The summed E-state index contributed by atoms with van der Waals surface area (Å²) in [5.74, 6) is -2.10. The van der Waals surface area contributed by atoms with Crippen molar-refractivity contribution in [1.29, 1.82) is 0 Å². The zero-order valence-electron chi connectivity index (χ0n) is 12.6. The number of hydrogen-bond donors (Lipinski definition) is 0. The van der Waals surface area contributed by atoms with E-state index in [0.29, 0.717) is 0 Å². The van der Waals surface area contributed by atoms with E-state index in [1.807, 2.05) is 0 Å². The van der Waals surface area contributed by atoms with Gasteiger partial charge < -0.3 is 14.2 Å². The van der Waals surface area contributed by atoms with E-state index in [9.17, 15) is 19.7 Å². The Hall–Kier alpha value is -2.64. The van der Waals surface area contributed by atoms with Crippen molar-refractivity contribution in [2.75, 3.05) is 19.8 Å². The molecule has 0 radical (unpaired) electrons. The number of ether oxygens (including phenoxy) is 3. The Labute approximate surface area is 127 Å².